The standard InChI is InChI=1S/C8H6N2O.C5H5NO/c11-8-5-6-3-1-2-4-7(6)9-10-8;7-5-3-1-2-4-6-5/h1-5H,(H,10,11);1-4H,(H,6,7). The van der Waals surface area contributed by atoms with Crippen molar-refractivity contribution in [3.05, 3.63) is 75.4 Å². The molecule has 2 aromatic heterocycles. The predicted octanol–water partition coefficient (Wildman–Crippen LogP) is 1.30. The van der Waals surface area contributed by atoms with Gasteiger partial charge in [0.2, 0.25) is 5.56 Å². The summed E-state index contributed by atoms with van der Waals surface area (Å²) in [6.07, 6.45) is 1.60. The van der Waals surface area contributed by atoms with Gasteiger partial charge in [-0.15, -0.1) is 0 Å². The molecule has 2 heterocycles. The van der Waals surface area contributed by atoms with E-state index in [0.717, 1.165) is 10.9 Å². The number of aromatic nitrogens is 3. The molecule has 5 heteroatoms. The quantitative estimate of drug-likeness (QED) is 0.622. The summed E-state index contributed by atoms with van der Waals surface area (Å²) in [5, 5.41) is 7.08. The van der Waals surface area contributed by atoms with Crippen molar-refractivity contribution in [3.63, 3.8) is 0 Å². The Bertz CT molecular complexity index is 729. The van der Waals surface area contributed by atoms with E-state index in [1.54, 1.807) is 18.3 Å². The van der Waals surface area contributed by atoms with Crippen molar-refractivity contribution < 1.29 is 0 Å². The number of H-pyrrole nitrogens is 2. The van der Waals surface area contributed by atoms with E-state index in [9.17, 15) is 9.59 Å². The lowest BCUT2D eigenvalue weighted by atomic mass is 10.2. The van der Waals surface area contributed by atoms with Crippen LogP contribution in [0.4, 0.5) is 0 Å². The Balaban J connectivity index is 0.000000149. The van der Waals surface area contributed by atoms with Crippen LogP contribution in [0.3, 0.4) is 0 Å². The van der Waals surface area contributed by atoms with E-state index in [1.165, 1.54) is 12.1 Å². The first-order valence-electron chi connectivity index (χ1n) is 5.34. The Kier molecular flexibility index (Phi) is 3.66. The van der Waals surface area contributed by atoms with E-state index < -0.39 is 0 Å². The maximum atomic E-state index is 10.8. The Hall–Kier alpha value is -2.69. The highest BCUT2D eigenvalue weighted by Gasteiger charge is 1.91. The average molecular weight is 241 g/mol. The first kappa shape index (κ1) is 11.8. The number of hydrogen-bond donors (Lipinski definition) is 2. The molecule has 0 unspecified atom stereocenters. The van der Waals surface area contributed by atoms with Crippen molar-refractivity contribution in [2.24, 2.45) is 0 Å². The zero-order valence-electron chi connectivity index (χ0n) is 9.46. The first-order valence-corrected chi connectivity index (χ1v) is 5.34. The fourth-order valence-electron chi connectivity index (χ4n) is 1.38. The fourth-order valence-corrected chi connectivity index (χ4v) is 1.38. The third kappa shape index (κ3) is 3.15. The van der Waals surface area contributed by atoms with Crippen LogP contribution in [0.2, 0.25) is 0 Å². The molecule has 0 spiro atoms. The molecule has 1 aromatic carbocycles. The van der Waals surface area contributed by atoms with Crippen LogP contribution in [0, 0.1) is 0 Å². The van der Waals surface area contributed by atoms with Gasteiger partial charge in [0.15, 0.2) is 0 Å². The van der Waals surface area contributed by atoms with Crippen LogP contribution in [0.15, 0.2) is 64.3 Å². The minimum atomic E-state index is -0.163. The minimum Gasteiger partial charge on any atom is -0.329 e. The third-order valence-electron chi connectivity index (χ3n) is 2.19. The van der Waals surface area contributed by atoms with Crippen molar-refractivity contribution in [3.8, 4) is 0 Å². The van der Waals surface area contributed by atoms with E-state index in [4.69, 9.17) is 0 Å². The molecular formula is C13H11N3O2. The molecule has 2 N–H and O–H groups in total. The number of hydrogen-bond acceptors (Lipinski definition) is 3. The van der Waals surface area contributed by atoms with Crippen LogP contribution in [0.25, 0.3) is 10.9 Å². The van der Waals surface area contributed by atoms with E-state index in [2.05, 4.69) is 15.2 Å². The van der Waals surface area contributed by atoms with E-state index >= 15 is 0 Å². The van der Waals surface area contributed by atoms with Gasteiger partial charge in [0.05, 0.1) is 5.52 Å². The number of fused-ring (bicyclic) bond motifs is 1. The molecular weight excluding hydrogens is 230 g/mol. The lowest BCUT2D eigenvalue weighted by Crippen LogP contribution is -2.04. The predicted molar refractivity (Wildman–Crippen MR) is 69.4 cm³/mol. The summed E-state index contributed by atoms with van der Waals surface area (Å²) in [6.45, 7) is 0. The smallest absolute Gasteiger partial charge is 0.264 e. The third-order valence-corrected chi connectivity index (χ3v) is 2.19. The highest BCUT2D eigenvalue weighted by atomic mass is 16.1. The van der Waals surface area contributed by atoms with Gasteiger partial charge in [-0.3, -0.25) is 9.59 Å². The second kappa shape index (κ2) is 5.58. The molecule has 90 valence electrons. The average Bonchev–Trinajstić information content (AvgIpc) is 2.40. The molecule has 0 fully saturated rings. The normalized spacial score (nSPS) is 9.56. The Labute approximate surface area is 102 Å². The van der Waals surface area contributed by atoms with Crippen LogP contribution in [-0.2, 0) is 0 Å². The first-order chi connectivity index (χ1) is 8.75. The number of aromatic amines is 2. The van der Waals surface area contributed by atoms with Gasteiger partial charge < -0.3 is 4.98 Å². The van der Waals surface area contributed by atoms with Gasteiger partial charge in [0.1, 0.15) is 0 Å². The number of pyridine rings is 1. The molecule has 0 amide bonds. The molecule has 0 aliphatic carbocycles. The highest BCUT2D eigenvalue weighted by Crippen LogP contribution is 2.04. The summed E-state index contributed by atoms with van der Waals surface area (Å²) in [6, 6.07) is 13.9. The van der Waals surface area contributed by atoms with Crippen molar-refractivity contribution in [1.29, 1.82) is 0 Å². The molecule has 0 aliphatic rings. The highest BCUT2D eigenvalue weighted by molar-refractivity contribution is 5.77. The topological polar surface area (TPSA) is 78.6 Å². The van der Waals surface area contributed by atoms with Gasteiger partial charge in [-0.1, -0.05) is 24.3 Å². The molecule has 0 atom stereocenters. The fraction of sp³-hybridized carbons (Fsp3) is 0. The molecule has 0 bridgehead atoms. The number of para-hydroxylation sites is 1. The molecule has 5 nitrogen and oxygen atoms in total. The Morgan fingerprint density at radius 3 is 2.33 bits per heavy atom. The van der Waals surface area contributed by atoms with Gasteiger partial charge in [0.25, 0.3) is 5.56 Å². The lowest BCUT2D eigenvalue weighted by Gasteiger charge is -1.91. The number of nitrogens with zero attached hydrogens (tertiary/aromatic N) is 1. The van der Waals surface area contributed by atoms with E-state index in [-0.39, 0.29) is 11.1 Å². The Morgan fingerprint density at radius 2 is 1.67 bits per heavy atom. The molecule has 0 saturated carbocycles. The zero-order valence-corrected chi connectivity index (χ0v) is 9.46. The van der Waals surface area contributed by atoms with Crippen molar-refractivity contribution in [1.82, 2.24) is 15.2 Å². The van der Waals surface area contributed by atoms with Gasteiger partial charge in [-0.05, 0) is 12.1 Å². The van der Waals surface area contributed by atoms with Crippen LogP contribution >= 0.6 is 0 Å². The van der Waals surface area contributed by atoms with Crippen molar-refractivity contribution in [2.45, 2.75) is 0 Å². The van der Waals surface area contributed by atoms with Crippen LogP contribution in [-0.4, -0.2) is 15.2 Å². The number of benzene rings is 1. The molecule has 0 aliphatic heterocycles. The maximum absolute atomic E-state index is 10.8. The zero-order chi connectivity index (χ0) is 12.8. The summed E-state index contributed by atoms with van der Waals surface area (Å²) in [4.78, 5) is 23.5. The molecule has 18 heavy (non-hydrogen) atoms. The molecule has 0 radical (unpaired) electrons. The summed E-state index contributed by atoms with van der Waals surface area (Å²) >= 11 is 0. The molecule has 3 aromatic rings. The van der Waals surface area contributed by atoms with E-state index in [1.807, 2.05) is 24.3 Å². The SMILES string of the molecule is O=c1cc2ccccc2n[nH]1.O=c1cccc[nH]1. The number of rotatable bonds is 0. The largest absolute Gasteiger partial charge is 0.329 e. The van der Waals surface area contributed by atoms with Crippen molar-refractivity contribution in [2.75, 3.05) is 0 Å². The van der Waals surface area contributed by atoms with Gasteiger partial charge >= 0.3 is 0 Å². The summed E-state index contributed by atoms with van der Waals surface area (Å²) in [5.74, 6) is 0. The maximum Gasteiger partial charge on any atom is 0.264 e. The van der Waals surface area contributed by atoms with Crippen molar-refractivity contribution >= 4 is 10.9 Å². The number of nitrogens with one attached hydrogen (secondary N) is 2. The minimum absolute atomic E-state index is 0.0532. The second-order valence-corrected chi connectivity index (χ2v) is 3.52. The van der Waals surface area contributed by atoms with Crippen LogP contribution in [0.5, 0.6) is 0 Å². The second-order valence-electron chi connectivity index (χ2n) is 3.52. The van der Waals surface area contributed by atoms with Crippen LogP contribution < -0.4 is 11.1 Å². The van der Waals surface area contributed by atoms with Gasteiger partial charge in [-0.25, -0.2) is 5.10 Å². The van der Waals surface area contributed by atoms with Gasteiger partial charge in [0, 0.05) is 23.7 Å². The lowest BCUT2D eigenvalue weighted by molar-refractivity contribution is 1.03. The monoisotopic (exact) mass is 241 g/mol. The molecule has 3 rings (SSSR count). The summed E-state index contributed by atoms with van der Waals surface area (Å²) in [7, 11) is 0. The summed E-state index contributed by atoms with van der Waals surface area (Å²) < 4.78 is 0. The molecule has 0 saturated heterocycles. The van der Waals surface area contributed by atoms with E-state index in [0.29, 0.717) is 0 Å². The Morgan fingerprint density at radius 1 is 0.889 bits per heavy atom. The summed E-state index contributed by atoms with van der Waals surface area (Å²) in [5.41, 5.74) is 0.596. The van der Waals surface area contributed by atoms with Gasteiger partial charge in [-0.2, -0.15) is 5.10 Å². The van der Waals surface area contributed by atoms with Crippen LogP contribution in [0.1, 0.15) is 0 Å².